The topological polar surface area (TPSA) is 24.5 Å². The summed E-state index contributed by atoms with van der Waals surface area (Å²) in [5.74, 6) is 1.75. The summed E-state index contributed by atoms with van der Waals surface area (Å²) in [6, 6.07) is 8.79. The monoisotopic (exact) mass is 258 g/mol. The van der Waals surface area contributed by atoms with Crippen LogP contribution in [0.4, 0.5) is 0 Å². The van der Waals surface area contributed by atoms with Gasteiger partial charge in [0.05, 0.1) is 12.7 Å². The van der Waals surface area contributed by atoms with Crippen LogP contribution in [0.15, 0.2) is 24.3 Å². The molecular formula is C16H22N2O. The van der Waals surface area contributed by atoms with E-state index in [0.29, 0.717) is 0 Å². The first-order chi connectivity index (χ1) is 9.40. The normalized spacial score (nSPS) is 34.2. The third-order valence-corrected chi connectivity index (χ3v) is 4.98. The number of fused-ring (bicyclic) bond motifs is 2. The van der Waals surface area contributed by atoms with Crippen molar-refractivity contribution in [3.63, 3.8) is 0 Å². The molecule has 3 heteroatoms. The number of likely N-dealkylation sites (tertiary alicyclic amines) is 1. The van der Waals surface area contributed by atoms with Crippen LogP contribution >= 0.6 is 0 Å². The number of nitrogens with zero attached hydrogens (tertiary/aromatic N) is 1. The summed E-state index contributed by atoms with van der Waals surface area (Å²) in [6.45, 7) is 6.87. The first-order valence-electron chi connectivity index (χ1n) is 7.52. The average molecular weight is 258 g/mol. The Hall–Kier alpha value is -0.900. The summed E-state index contributed by atoms with van der Waals surface area (Å²) >= 11 is 0. The lowest BCUT2D eigenvalue weighted by atomic mass is 9.97. The van der Waals surface area contributed by atoms with Gasteiger partial charge in [-0.05, 0) is 42.5 Å². The number of hydrogen-bond acceptors (Lipinski definition) is 3. The molecule has 2 fully saturated rings. The maximum absolute atomic E-state index is 6.03. The van der Waals surface area contributed by atoms with E-state index in [0.717, 1.165) is 31.4 Å². The minimum Gasteiger partial charge on any atom is -0.372 e. The Bertz CT molecular complexity index is 450. The minimum absolute atomic E-state index is 0.289. The fourth-order valence-electron chi connectivity index (χ4n) is 3.96. The minimum atomic E-state index is 0.289. The van der Waals surface area contributed by atoms with Crippen LogP contribution in [0.25, 0.3) is 0 Å². The maximum atomic E-state index is 6.03. The first kappa shape index (κ1) is 11.9. The van der Waals surface area contributed by atoms with Crippen molar-refractivity contribution >= 4 is 0 Å². The SMILES string of the molecule is c1ccc2c(c1)CCOC2CN1CC2CNCC2C1. The van der Waals surface area contributed by atoms with E-state index in [9.17, 15) is 0 Å². The predicted molar refractivity (Wildman–Crippen MR) is 75.1 cm³/mol. The lowest BCUT2D eigenvalue weighted by molar-refractivity contribution is 0.0193. The number of nitrogens with one attached hydrogen (secondary N) is 1. The lowest BCUT2D eigenvalue weighted by Crippen LogP contribution is -2.32. The summed E-state index contributed by atoms with van der Waals surface area (Å²) in [6.07, 6.45) is 1.36. The Morgan fingerprint density at radius 3 is 2.79 bits per heavy atom. The van der Waals surface area contributed by atoms with Crippen LogP contribution in [0.2, 0.25) is 0 Å². The van der Waals surface area contributed by atoms with Gasteiger partial charge in [0.25, 0.3) is 0 Å². The zero-order chi connectivity index (χ0) is 12.7. The van der Waals surface area contributed by atoms with E-state index in [2.05, 4.69) is 34.5 Å². The second kappa shape index (κ2) is 4.89. The molecule has 4 rings (SSSR count). The van der Waals surface area contributed by atoms with E-state index in [1.165, 1.54) is 37.3 Å². The molecule has 1 aromatic carbocycles. The fraction of sp³-hybridized carbons (Fsp3) is 0.625. The molecule has 102 valence electrons. The molecule has 3 aliphatic heterocycles. The van der Waals surface area contributed by atoms with Crippen molar-refractivity contribution in [1.82, 2.24) is 10.2 Å². The van der Waals surface area contributed by atoms with Gasteiger partial charge >= 0.3 is 0 Å². The molecule has 0 bridgehead atoms. The summed E-state index contributed by atoms with van der Waals surface area (Å²) in [4.78, 5) is 2.61. The highest BCUT2D eigenvalue weighted by Gasteiger charge is 2.37. The van der Waals surface area contributed by atoms with Gasteiger partial charge in [0.2, 0.25) is 0 Å². The van der Waals surface area contributed by atoms with E-state index in [1.807, 2.05) is 0 Å². The Balaban J connectivity index is 1.47. The zero-order valence-electron chi connectivity index (χ0n) is 11.3. The van der Waals surface area contributed by atoms with Gasteiger partial charge in [0.1, 0.15) is 0 Å². The van der Waals surface area contributed by atoms with Gasteiger partial charge in [-0.1, -0.05) is 24.3 Å². The van der Waals surface area contributed by atoms with Gasteiger partial charge in [-0.3, -0.25) is 4.90 Å². The standard InChI is InChI=1S/C16H22N2O/c1-2-4-15-12(3-1)5-6-19-16(15)11-18-9-13-7-17-8-14(13)10-18/h1-4,13-14,16-17H,5-11H2. The summed E-state index contributed by atoms with van der Waals surface area (Å²) in [7, 11) is 0. The van der Waals surface area contributed by atoms with Crippen LogP contribution in [0, 0.1) is 11.8 Å². The molecule has 0 aromatic heterocycles. The van der Waals surface area contributed by atoms with Crippen molar-refractivity contribution in [2.45, 2.75) is 12.5 Å². The predicted octanol–water partition coefficient (Wildman–Crippen LogP) is 1.45. The molecule has 3 nitrogen and oxygen atoms in total. The average Bonchev–Trinajstić information content (AvgIpc) is 3.00. The van der Waals surface area contributed by atoms with Crippen LogP contribution in [-0.4, -0.2) is 44.2 Å². The third-order valence-electron chi connectivity index (χ3n) is 4.98. The van der Waals surface area contributed by atoms with Gasteiger partial charge in [-0.15, -0.1) is 0 Å². The van der Waals surface area contributed by atoms with E-state index < -0.39 is 0 Å². The number of hydrogen-bond donors (Lipinski definition) is 1. The van der Waals surface area contributed by atoms with Gasteiger partial charge in [-0.25, -0.2) is 0 Å². The molecule has 2 saturated heterocycles. The highest BCUT2D eigenvalue weighted by molar-refractivity contribution is 5.31. The lowest BCUT2D eigenvalue weighted by Gasteiger charge is -2.30. The second-order valence-corrected chi connectivity index (χ2v) is 6.21. The van der Waals surface area contributed by atoms with Crippen molar-refractivity contribution in [3.8, 4) is 0 Å². The quantitative estimate of drug-likeness (QED) is 0.869. The van der Waals surface area contributed by atoms with Crippen molar-refractivity contribution < 1.29 is 4.74 Å². The van der Waals surface area contributed by atoms with Gasteiger partial charge in [0.15, 0.2) is 0 Å². The summed E-state index contributed by atoms with van der Waals surface area (Å²) in [5, 5.41) is 3.51. The molecular weight excluding hydrogens is 236 g/mol. The van der Waals surface area contributed by atoms with Gasteiger partial charge < -0.3 is 10.1 Å². The fourth-order valence-corrected chi connectivity index (χ4v) is 3.96. The second-order valence-electron chi connectivity index (χ2n) is 6.21. The smallest absolute Gasteiger partial charge is 0.0954 e. The molecule has 0 saturated carbocycles. The molecule has 3 atom stereocenters. The molecule has 3 heterocycles. The van der Waals surface area contributed by atoms with Crippen LogP contribution < -0.4 is 5.32 Å². The molecule has 3 aliphatic rings. The summed E-state index contributed by atoms with van der Waals surface area (Å²) < 4.78 is 6.03. The molecule has 0 amide bonds. The molecule has 3 unspecified atom stereocenters. The van der Waals surface area contributed by atoms with E-state index in [-0.39, 0.29) is 6.10 Å². The van der Waals surface area contributed by atoms with Crippen LogP contribution in [0.3, 0.4) is 0 Å². The van der Waals surface area contributed by atoms with Gasteiger partial charge in [0, 0.05) is 19.6 Å². The molecule has 19 heavy (non-hydrogen) atoms. The van der Waals surface area contributed by atoms with Crippen LogP contribution in [0.1, 0.15) is 17.2 Å². The highest BCUT2D eigenvalue weighted by Crippen LogP contribution is 2.31. The highest BCUT2D eigenvalue weighted by atomic mass is 16.5. The Morgan fingerprint density at radius 1 is 1.16 bits per heavy atom. The molecule has 0 spiro atoms. The van der Waals surface area contributed by atoms with Crippen molar-refractivity contribution in [2.24, 2.45) is 11.8 Å². The van der Waals surface area contributed by atoms with Crippen molar-refractivity contribution in [1.29, 1.82) is 0 Å². The van der Waals surface area contributed by atoms with E-state index >= 15 is 0 Å². The molecule has 0 radical (unpaired) electrons. The van der Waals surface area contributed by atoms with Crippen LogP contribution in [0.5, 0.6) is 0 Å². The molecule has 0 aliphatic carbocycles. The molecule has 1 N–H and O–H groups in total. The van der Waals surface area contributed by atoms with Crippen molar-refractivity contribution in [3.05, 3.63) is 35.4 Å². The number of rotatable bonds is 2. The Labute approximate surface area is 114 Å². The maximum Gasteiger partial charge on any atom is 0.0954 e. The summed E-state index contributed by atoms with van der Waals surface area (Å²) in [5.41, 5.74) is 2.91. The van der Waals surface area contributed by atoms with E-state index in [1.54, 1.807) is 0 Å². The largest absolute Gasteiger partial charge is 0.372 e. The Morgan fingerprint density at radius 2 is 1.95 bits per heavy atom. The van der Waals surface area contributed by atoms with Crippen molar-refractivity contribution in [2.75, 3.05) is 39.3 Å². The van der Waals surface area contributed by atoms with E-state index in [4.69, 9.17) is 4.74 Å². The van der Waals surface area contributed by atoms with Gasteiger partial charge in [-0.2, -0.15) is 0 Å². The molecule has 1 aromatic rings. The zero-order valence-corrected chi connectivity index (χ0v) is 11.3. The Kier molecular flexibility index (Phi) is 3.06. The number of benzene rings is 1. The first-order valence-corrected chi connectivity index (χ1v) is 7.52. The van der Waals surface area contributed by atoms with Crippen LogP contribution in [-0.2, 0) is 11.2 Å². The third kappa shape index (κ3) is 2.20. The number of ether oxygens (including phenoxy) is 1.